The molecule has 0 aliphatic heterocycles. The summed E-state index contributed by atoms with van der Waals surface area (Å²) >= 11 is 0. The van der Waals surface area contributed by atoms with Gasteiger partial charge in [0.15, 0.2) is 0 Å². The second-order valence-corrected chi connectivity index (χ2v) is 6.70. The summed E-state index contributed by atoms with van der Waals surface area (Å²) in [6, 6.07) is 0.747. The maximum atomic E-state index is 6.10. The van der Waals surface area contributed by atoms with E-state index in [1.165, 1.54) is 51.6 Å². The Morgan fingerprint density at radius 2 is 1.67 bits per heavy atom. The summed E-state index contributed by atoms with van der Waals surface area (Å²) in [5.41, 5.74) is 6.53. The number of rotatable bonds is 8. The van der Waals surface area contributed by atoms with Gasteiger partial charge in [-0.25, -0.2) is 0 Å². The summed E-state index contributed by atoms with van der Waals surface area (Å²) in [5.74, 6) is 0.752. The summed E-state index contributed by atoms with van der Waals surface area (Å²) in [7, 11) is 0. The van der Waals surface area contributed by atoms with Gasteiger partial charge >= 0.3 is 0 Å². The van der Waals surface area contributed by atoms with Crippen LogP contribution in [0.15, 0.2) is 0 Å². The third-order valence-corrected chi connectivity index (χ3v) is 4.69. The predicted octanol–water partition coefficient (Wildman–Crippen LogP) is 3.65. The molecule has 0 aromatic carbocycles. The SMILES string of the molecule is CCC(CC)N(CC(C)C)CC1(CN)CCCC1. The second kappa shape index (κ2) is 7.49. The number of hydrogen-bond donors (Lipinski definition) is 1. The van der Waals surface area contributed by atoms with Crippen LogP contribution in [0.4, 0.5) is 0 Å². The predicted molar refractivity (Wildman–Crippen MR) is 80.7 cm³/mol. The minimum absolute atomic E-state index is 0.428. The Bertz CT molecular complexity index is 215. The Kier molecular flexibility index (Phi) is 6.65. The van der Waals surface area contributed by atoms with E-state index < -0.39 is 0 Å². The van der Waals surface area contributed by atoms with Crippen LogP contribution in [0.2, 0.25) is 0 Å². The number of nitrogens with two attached hydrogens (primary N) is 1. The van der Waals surface area contributed by atoms with Crippen molar-refractivity contribution in [3.05, 3.63) is 0 Å². The Labute approximate surface area is 114 Å². The largest absolute Gasteiger partial charge is 0.330 e. The lowest BCUT2D eigenvalue weighted by molar-refractivity contribution is 0.0967. The molecule has 2 N–H and O–H groups in total. The zero-order chi connectivity index (χ0) is 13.6. The fraction of sp³-hybridized carbons (Fsp3) is 1.00. The minimum atomic E-state index is 0.428. The van der Waals surface area contributed by atoms with Crippen molar-refractivity contribution >= 4 is 0 Å². The second-order valence-electron chi connectivity index (χ2n) is 6.70. The molecule has 0 bridgehead atoms. The van der Waals surface area contributed by atoms with Gasteiger partial charge in [0.2, 0.25) is 0 Å². The lowest BCUT2D eigenvalue weighted by Crippen LogP contribution is -2.46. The van der Waals surface area contributed by atoms with E-state index in [1.54, 1.807) is 0 Å². The highest BCUT2D eigenvalue weighted by atomic mass is 15.2. The summed E-state index contributed by atoms with van der Waals surface area (Å²) in [6.45, 7) is 12.7. The van der Waals surface area contributed by atoms with Gasteiger partial charge in [-0.1, -0.05) is 40.5 Å². The van der Waals surface area contributed by atoms with E-state index >= 15 is 0 Å². The van der Waals surface area contributed by atoms with Crippen LogP contribution in [0.25, 0.3) is 0 Å². The third kappa shape index (κ3) is 4.24. The van der Waals surface area contributed by atoms with E-state index in [1.807, 2.05) is 0 Å². The first-order valence-electron chi connectivity index (χ1n) is 8.01. The van der Waals surface area contributed by atoms with Crippen molar-refractivity contribution in [1.29, 1.82) is 0 Å². The van der Waals surface area contributed by atoms with Crippen molar-refractivity contribution < 1.29 is 0 Å². The van der Waals surface area contributed by atoms with Crippen molar-refractivity contribution in [3.8, 4) is 0 Å². The van der Waals surface area contributed by atoms with E-state index in [9.17, 15) is 0 Å². The standard InChI is InChI=1S/C16H34N2/c1-5-15(6-2)18(11-14(3)4)13-16(12-17)9-7-8-10-16/h14-15H,5-13,17H2,1-4H3. The van der Waals surface area contributed by atoms with E-state index in [2.05, 4.69) is 32.6 Å². The molecule has 2 nitrogen and oxygen atoms in total. The highest BCUT2D eigenvalue weighted by molar-refractivity contribution is 4.90. The normalized spacial score (nSPS) is 19.3. The summed E-state index contributed by atoms with van der Waals surface area (Å²) in [5, 5.41) is 0. The van der Waals surface area contributed by atoms with Crippen molar-refractivity contribution in [2.45, 2.75) is 72.3 Å². The van der Waals surface area contributed by atoms with Gasteiger partial charge in [0.25, 0.3) is 0 Å². The maximum absolute atomic E-state index is 6.10. The van der Waals surface area contributed by atoms with E-state index in [-0.39, 0.29) is 0 Å². The van der Waals surface area contributed by atoms with Gasteiger partial charge in [-0.05, 0) is 43.6 Å². The lowest BCUT2D eigenvalue weighted by atomic mass is 9.84. The molecule has 0 amide bonds. The molecule has 18 heavy (non-hydrogen) atoms. The smallest absolute Gasteiger partial charge is 0.00903 e. The molecule has 1 aliphatic carbocycles. The van der Waals surface area contributed by atoms with Gasteiger partial charge < -0.3 is 5.73 Å². The Hall–Kier alpha value is -0.0800. The maximum Gasteiger partial charge on any atom is 0.00903 e. The molecule has 0 heterocycles. The summed E-state index contributed by atoms with van der Waals surface area (Å²) in [6.07, 6.45) is 8.00. The van der Waals surface area contributed by atoms with Gasteiger partial charge in [0, 0.05) is 19.1 Å². The monoisotopic (exact) mass is 254 g/mol. The Morgan fingerprint density at radius 1 is 1.11 bits per heavy atom. The quantitative estimate of drug-likeness (QED) is 0.716. The van der Waals surface area contributed by atoms with Gasteiger partial charge in [0.1, 0.15) is 0 Å². The topological polar surface area (TPSA) is 29.3 Å². The molecule has 0 radical (unpaired) electrons. The fourth-order valence-corrected chi connectivity index (χ4v) is 3.60. The van der Waals surface area contributed by atoms with E-state index in [0.717, 1.165) is 18.5 Å². The van der Waals surface area contributed by atoms with Gasteiger partial charge in [0.05, 0.1) is 0 Å². The fourth-order valence-electron chi connectivity index (χ4n) is 3.60. The molecular weight excluding hydrogens is 220 g/mol. The first kappa shape index (κ1) is 16.0. The van der Waals surface area contributed by atoms with Crippen molar-refractivity contribution in [2.75, 3.05) is 19.6 Å². The van der Waals surface area contributed by atoms with Crippen LogP contribution < -0.4 is 5.73 Å². The number of nitrogens with zero attached hydrogens (tertiary/aromatic N) is 1. The molecule has 0 atom stereocenters. The van der Waals surface area contributed by atoms with Crippen molar-refractivity contribution in [3.63, 3.8) is 0 Å². The molecule has 108 valence electrons. The van der Waals surface area contributed by atoms with Crippen LogP contribution in [-0.2, 0) is 0 Å². The minimum Gasteiger partial charge on any atom is -0.330 e. The first-order valence-corrected chi connectivity index (χ1v) is 8.01. The molecular formula is C16H34N2. The highest BCUT2D eigenvalue weighted by Crippen LogP contribution is 2.38. The van der Waals surface area contributed by atoms with Crippen LogP contribution in [0.3, 0.4) is 0 Å². The molecule has 1 aliphatic rings. The molecule has 1 saturated carbocycles. The Balaban J connectivity index is 2.69. The number of hydrogen-bond acceptors (Lipinski definition) is 2. The zero-order valence-electron chi connectivity index (χ0n) is 13.0. The Morgan fingerprint density at radius 3 is 2.06 bits per heavy atom. The molecule has 0 unspecified atom stereocenters. The molecule has 0 saturated heterocycles. The van der Waals surface area contributed by atoms with E-state index in [0.29, 0.717) is 5.41 Å². The van der Waals surface area contributed by atoms with Crippen LogP contribution >= 0.6 is 0 Å². The first-order chi connectivity index (χ1) is 8.56. The average Bonchev–Trinajstić information content (AvgIpc) is 2.79. The highest BCUT2D eigenvalue weighted by Gasteiger charge is 2.35. The lowest BCUT2D eigenvalue weighted by Gasteiger charge is -2.39. The molecule has 1 rings (SSSR count). The van der Waals surface area contributed by atoms with Crippen LogP contribution in [0, 0.1) is 11.3 Å². The van der Waals surface area contributed by atoms with Crippen molar-refractivity contribution in [2.24, 2.45) is 17.1 Å². The van der Waals surface area contributed by atoms with Crippen LogP contribution in [0.1, 0.15) is 66.2 Å². The van der Waals surface area contributed by atoms with Gasteiger partial charge in [-0.3, -0.25) is 4.90 Å². The zero-order valence-corrected chi connectivity index (χ0v) is 13.0. The van der Waals surface area contributed by atoms with Gasteiger partial charge in [-0.2, -0.15) is 0 Å². The summed E-state index contributed by atoms with van der Waals surface area (Å²) in [4.78, 5) is 2.74. The average molecular weight is 254 g/mol. The molecule has 2 heteroatoms. The van der Waals surface area contributed by atoms with Crippen molar-refractivity contribution in [1.82, 2.24) is 4.90 Å². The third-order valence-electron chi connectivity index (χ3n) is 4.69. The van der Waals surface area contributed by atoms with Gasteiger partial charge in [-0.15, -0.1) is 0 Å². The molecule has 1 fully saturated rings. The van der Waals surface area contributed by atoms with E-state index in [4.69, 9.17) is 5.73 Å². The van der Waals surface area contributed by atoms with Crippen LogP contribution in [0.5, 0.6) is 0 Å². The summed E-state index contributed by atoms with van der Waals surface area (Å²) < 4.78 is 0. The molecule has 0 aromatic rings. The van der Waals surface area contributed by atoms with Crippen LogP contribution in [-0.4, -0.2) is 30.6 Å². The molecule has 0 spiro atoms. The molecule has 0 aromatic heterocycles.